The molecule has 2 heteroatoms. The molecule has 0 fully saturated rings. The third kappa shape index (κ3) is 2.39. The van der Waals surface area contributed by atoms with Crippen LogP contribution in [0, 0.1) is 13.8 Å². The molecule has 0 aliphatic heterocycles. The van der Waals surface area contributed by atoms with Gasteiger partial charge in [0.25, 0.3) is 0 Å². The number of aromatic nitrogens is 1. The van der Waals surface area contributed by atoms with Crippen molar-refractivity contribution < 1.29 is 0 Å². The van der Waals surface area contributed by atoms with Gasteiger partial charge in [-0.3, -0.25) is 4.98 Å². The van der Waals surface area contributed by atoms with Gasteiger partial charge in [-0.1, -0.05) is 12.1 Å². The van der Waals surface area contributed by atoms with Gasteiger partial charge in [-0.25, -0.2) is 0 Å². The fourth-order valence-electron chi connectivity index (χ4n) is 4.03. The molecular weight excluding hydrogens is 322 g/mol. The molecule has 1 nitrogen and oxygen atoms in total. The van der Waals surface area contributed by atoms with Gasteiger partial charge in [-0.05, 0) is 86.1 Å². The average Bonchev–Trinajstić information content (AvgIpc) is 2.99. The van der Waals surface area contributed by atoms with Gasteiger partial charge in [0.15, 0.2) is 0 Å². The maximum atomic E-state index is 4.75. The summed E-state index contributed by atoms with van der Waals surface area (Å²) in [7, 11) is 0. The van der Waals surface area contributed by atoms with E-state index in [4.69, 9.17) is 4.98 Å². The molecule has 0 unspecified atom stereocenters. The molecule has 2 heterocycles. The Labute approximate surface area is 152 Å². The molecule has 0 saturated carbocycles. The molecule has 0 saturated heterocycles. The number of rotatable bonds is 1. The first-order valence-corrected chi connectivity index (χ1v) is 9.93. The van der Waals surface area contributed by atoms with E-state index >= 15 is 0 Å². The predicted octanol–water partition coefficient (Wildman–Crippen LogP) is 6.61. The largest absolute Gasteiger partial charge is 0.255 e. The van der Waals surface area contributed by atoms with Crippen LogP contribution in [0.4, 0.5) is 0 Å². The van der Waals surface area contributed by atoms with Crippen molar-refractivity contribution in [2.45, 2.75) is 39.5 Å². The Kier molecular flexibility index (Phi) is 3.42. The van der Waals surface area contributed by atoms with E-state index in [0.29, 0.717) is 0 Å². The Balaban J connectivity index is 1.79. The number of fused-ring (bicyclic) bond motifs is 4. The Morgan fingerprint density at radius 2 is 1.64 bits per heavy atom. The van der Waals surface area contributed by atoms with E-state index in [1.807, 2.05) is 17.5 Å². The van der Waals surface area contributed by atoms with Crippen LogP contribution in [-0.4, -0.2) is 4.98 Å². The van der Waals surface area contributed by atoms with Crippen molar-refractivity contribution in [1.82, 2.24) is 4.98 Å². The summed E-state index contributed by atoms with van der Waals surface area (Å²) in [5.74, 6) is 0. The van der Waals surface area contributed by atoms with E-state index < -0.39 is 0 Å². The van der Waals surface area contributed by atoms with E-state index in [-0.39, 0.29) is 0 Å². The lowest BCUT2D eigenvalue weighted by molar-refractivity contribution is 0.687. The lowest BCUT2D eigenvalue weighted by atomic mass is 9.90. The molecule has 1 aliphatic rings. The first kappa shape index (κ1) is 15.1. The topological polar surface area (TPSA) is 12.9 Å². The quantitative estimate of drug-likeness (QED) is 0.379. The Morgan fingerprint density at radius 3 is 2.44 bits per heavy atom. The maximum absolute atomic E-state index is 4.75. The van der Waals surface area contributed by atoms with Crippen LogP contribution in [0.25, 0.3) is 31.4 Å². The highest BCUT2D eigenvalue weighted by molar-refractivity contribution is 7.26. The number of thiophene rings is 1. The Bertz CT molecular complexity index is 1120. The molecule has 0 bridgehead atoms. The van der Waals surface area contributed by atoms with E-state index in [0.717, 1.165) is 5.69 Å². The zero-order chi connectivity index (χ0) is 17.0. The molecule has 124 valence electrons. The van der Waals surface area contributed by atoms with E-state index in [9.17, 15) is 0 Å². The minimum absolute atomic E-state index is 1.12. The number of pyridine rings is 1. The molecule has 2 aromatic heterocycles. The van der Waals surface area contributed by atoms with Crippen LogP contribution in [0.1, 0.15) is 35.1 Å². The Hall–Kier alpha value is -2.19. The van der Waals surface area contributed by atoms with Gasteiger partial charge in [0.2, 0.25) is 0 Å². The van der Waals surface area contributed by atoms with Crippen LogP contribution in [0.2, 0.25) is 0 Å². The molecule has 4 aromatic rings. The number of aryl methyl sites for hydroxylation is 4. The fraction of sp³-hybridized carbons (Fsp3) is 0.261. The van der Waals surface area contributed by atoms with Crippen LogP contribution in [0.5, 0.6) is 0 Å². The van der Waals surface area contributed by atoms with Gasteiger partial charge in [-0.15, -0.1) is 11.3 Å². The van der Waals surface area contributed by atoms with E-state index in [1.54, 1.807) is 11.1 Å². The first-order valence-electron chi connectivity index (χ1n) is 9.11. The summed E-state index contributed by atoms with van der Waals surface area (Å²) >= 11 is 1.90. The van der Waals surface area contributed by atoms with Crippen LogP contribution >= 0.6 is 11.3 Å². The molecule has 0 amide bonds. The van der Waals surface area contributed by atoms with Crippen molar-refractivity contribution in [2.75, 3.05) is 0 Å². The zero-order valence-corrected chi connectivity index (χ0v) is 15.5. The lowest BCUT2D eigenvalue weighted by Gasteiger charge is -2.15. The van der Waals surface area contributed by atoms with Crippen molar-refractivity contribution in [2.24, 2.45) is 0 Å². The minimum atomic E-state index is 1.12. The highest BCUT2D eigenvalue weighted by Gasteiger charge is 2.16. The maximum Gasteiger partial charge on any atom is 0.0880 e. The van der Waals surface area contributed by atoms with Crippen LogP contribution in [0.3, 0.4) is 0 Å². The molecule has 0 spiro atoms. The first-order chi connectivity index (χ1) is 12.2. The molecular formula is C23H21NS. The lowest BCUT2D eigenvalue weighted by Crippen LogP contribution is -2.01. The van der Waals surface area contributed by atoms with E-state index in [1.165, 1.54) is 62.5 Å². The molecule has 25 heavy (non-hydrogen) atoms. The highest BCUT2D eigenvalue weighted by atomic mass is 32.1. The molecule has 5 rings (SSSR count). The number of benzene rings is 2. The molecule has 0 radical (unpaired) electrons. The van der Waals surface area contributed by atoms with E-state index in [2.05, 4.69) is 50.2 Å². The van der Waals surface area contributed by atoms with Gasteiger partial charge in [0.1, 0.15) is 0 Å². The molecule has 2 aromatic carbocycles. The zero-order valence-electron chi connectivity index (χ0n) is 14.7. The molecule has 1 aliphatic carbocycles. The smallest absolute Gasteiger partial charge is 0.0880 e. The second-order valence-corrected chi connectivity index (χ2v) is 8.31. The van der Waals surface area contributed by atoms with Gasteiger partial charge in [-0.2, -0.15) is 0 Å². The summed E-state index contributed by atoms with van der Waals surface area (Å²) in [5, 5.41) is 2.77. The molecule has 0 N–H and O–H groups in total. The highest BCUT2D eigenvalue weighted by Crippen LogP contribution is 2.41. The summed E-state index contributed by atoms with van der Waals surface area (Å²) in [4.78, 5) is 4.75. The molecule has 0 atom stereocenters. The number of hydrogen-bond donors (Lipinski definition) is 0. The average molecular weight is 343 g/mol. The summed E-state index contributed by atoms with van der Waals surface area (Å²) in [6, 6.07) is 13.8. The van der Waals surface area contributed by atoms with Gasteiger partial charge >= 0.3 is 0 Å². The second-order valence-electron chi connectivity index (χ2n) is 7.26. The van der Waals surface area contributed by atoms with Crippen LogP contribution in [-0.2, 0) is 12.8 Å². The third-order valence-corrected chi connectivity index (χ3v) is 6.81. The van der Waals surface area contributed by atoms with Crippen molar-refractivity contribution >= 4 is 31.5 Å². The summed E-state index contributed by atoms with van der Waals surface area (Å²) in [6.45, 7) is 4.34. The predicted molar refractivity (Wildman–Crippen MR) is 109 cm³/mol. The third-order valence-electron chi connectivity index (χ3n) is 5.63. The number of hydrogen-bond acceptors (Lipinski definition) is 2. The second kappa shape index (κ2) is 5.67. The van der Waals surface area contributed by atoms with Gasteiger partial charge < -0.3 is 0 Å². The summed E-state index contributed by atoms with van der Waals surface area (Å²) < 4.78 is 2.73. The summed E-state index contributed by atoms with van der Waals surface area (Å²) in [6.07, 6.45) is 7.10. The minimum Gasteiger partial charge on any atom is -0.255 e. The normalized spacial score (nSPS) is 14.2. The Morgan fingerprint density at radius 1 is 0.840 bits per heavy atom. The van der Waals surface area contributed by atoms with Gasteiger partial charge in [0, 0.05) is 27.2 Å². The van der Waals surface area contributed by atoms with Crippen LogP contribution < -0.4 is 0 Å². The summed E-state index contributed by atoms with van der Waals surface area (Å²) in [5.41, 5.74) is 8.13. The standard InChI is InChI=1S/C23H21NS/c1-14-7-8-18(11-15(14)2)22-23-19(9-10-24-22)20-12-16-5-3-4-6-17(16)13-21(20)25-23/h7-13H,3-6H2,1-2H3. The van der Waals surface area contributed by atoms with Crippen LogP contribution in [0.15, 0.2) is 42.6 Å². The van der Waals surface area contributed by atoms with Crippen molar-refractivity contribution in [1.29, 1.82) is 0 Å². The van der Waals surface area contributed by atoms with Crippen molar-refractivity contribution in [3.63, 3.8) is 0 Å². The van der Waals surface area contributed by atoms with Gasteiger partial charge in [0.05, 0.1) is 10.4 Å². The fourth-order valence-corrected chi connectivity index (χ4v) is 5.28. The van der Waals surface area contributed by atoms with Crippen molar-refractivity contribution in [3.05, 3.63) is 64.8 Å². The number of nitrogens with zero attached hydrogens (tertiary/aromatic N) is 1. The van der Waals surface area contributed by atoms with Crippen molar-refractivity contribution in [3.8, 4) is 11.3 Å². The SMILES string of the molecule is Cc1ccc(-c2nccc3c2sc2cc4c(cc23)CCCC4)cc1C. The monoisotopic (exact) mass is 343 g/mol.